The number of benzene rings is 1. The summed E-state index contributed by atoms with van der Waals surface area (Å²) in [6, 6.07) is 4.28. The first-order valence-corrected chi connectivity index (χ1v) is 5.62. The van der Waals surface area contributed by atoms with Crippen LogP contribution >= 0.6 is 15.9 Å². The molecule has 0 saturated carbocycles. The van der Waals surface area contributed by atoms with Crippen molar-refractivity contribution in [3.63, 3.8) is 0 Å². The van der Waals surface area contributed by atoms with Gasteiger partial charge in [0, 0.05) is 10.0 Å². The van der Waals surface area contributed by atoms with Crippen molar-refractivity contribution < 1.29 is 19.0 Å². The zero-order chi connectivity index (χ0) is 12.1. The van der Waals surface area contributed by atoms with Gasteiger partial charge in [-0.3, -0.25) is 4.79 Å². The molecule has 0 aromatic heterocycles. The fraction of sp³-hybridized carbons (Fsp3) is 0.364. The highest BCUT2D eigenvalue weighted by Gasteiger charge is 2.17. The molecule has 1 unspecified atom stereocenters. The normalized spacial score (nSPS) is 12.2. The van der Waals surface area contributed by atoms with Gasteiger partial charge in [-0.2, -0.15) is 0 Å². The van der Waals surface area contributed by atoms with Gasteiger partial charge in [0.2, 0.25) is 0 Å². The van der Waals surface area contributed by atoms with E-state index >= 15 is 0 Å². The summed E-state index contributed by atoms with van der Waals surface area (Å²) in [5, 5.41) is 9.63. The number of hydrogen-bond acceptors (Lipinski definition) is 3. The molecular weight excluding hydrogens is 279 g/mol. The molecule has 0 fully saturated rings. The lowest BCUT2D eigenvalue weighted by atomic mass is 10.1. The minimum Gasteiger partial charge on any atom is -0.466 e. The van der Waals surface area contributed by atoms with Gasteiger partial charge in [-0.05, 0) is 19.1 Å². The molecule has 16 heavy (non-hydrogen) atoms. The van der Waals surface area contributed by atoms with E-state index < -0.39 is 17.9 Å². The minimum atomic E-state index is -1.17. The van der Waals surface area contributed by atoms with E-state index in [-0.39, 0.29) is 18.6 Å². The number of aliphatic hydroxyl groups excluding tert-OH is 1. The van der Waals surface area contributed by atoms with Crippen molar-refractivity contribution in [3.8, 4) is 0 Å². The number of carbonyl (C=O) groups is 1. The first-order chi connectivity index (χ1) is 7.54. The zero-order valence-corrected chi connectivity index (χ0v) is 10.3. The third-order valence-corrected chi connectivity index (χ3v) is 2.48. The number of aliphatic hydroxyl groups is 1. The molecule has 1 rings (SSSR count). The van der Waals surface area contributed by atoms with Gasteiger partial charge in [0.25, 0.3) is 0 Å². The van der Waals surface area contributed by atoms with Crippen LogP contribution in [0.15, 0.2) is 22.7 Å². The average molecular weight is 291 g/mol. The van der Waals surface area contributed by atoms with Crippen LogP contribution in [0, 0.1) is 5.82 Å². The largest absolute Gasteiger partial charge is 0.466 e. The van der Waals surface area contributed by atoms with Crippen LogP contribution < -0.4 is 0 Å². The van der Waals surface area contributed by atoms with Crippen molar-refractivity contribution in [1.29, 1.82) is 0 Å². The molecule has 88 valence electrons. The Morgan fingerprint density at radius 2 is 2.31 bits per heavy atom. The van der Waals surface area contributed by atoms with Gasteiger partial charge in [-0.25, -0.2) is 4.39 Å². The second-order valence-corrected chi connectivity index (χ2v) is 4.11. The van der Waals surface area contributed by atoms with Crippen LogP contribution in [0.1, 0.15) is 25.0 Å². The van der Waals surface area contributed by atoms with Gasteiger partial charge in [0.15, 0.2) is 0 Å². The maximum Gasteiger partial charge on any atom is 0.308 e. The molecule has 0 spiro atoms. The van der Waals surface area contributed by atoms with Gasteiger partial charge in [-0.1, -0.05) is 22.0 Å². The Hall–Kier alpha value is -0.940. The first kappa shape index (κ1) is 13.1. The molecule has 1 aromatic carbocycles. The fourth-order valence-corrected chi connectivity index (χ4v) is 1.59. The number of esters is 1. The maximum absolute atomic E-state index is 13.4. The highest BCUT2D eigenvalue weighted by molar-refractivity contribution is 9.10. The Morgan fingerprint density at radius 1 is 1.62 bits per heavy atom. The summed E-state index contributed by atoms with van der Waals surface area (Å²) in [6.45, 7) is 1.92. The summed E-state index contributed by atoms with van der Waals surface area (Å²) in [6.07, 6.45) is -1.42. The summed E-state index contributed by atoms with van der Waals surface area (Å²) in [7, 11) is 0. The van der Waals surface area contributed by atoms with E-state index in [2.05, 4.69) is 20.7 Å². The average Bonchev–Trinajstić information content (AvgIpc) is 2.17. The van der Waals surface area contributed by atoms with Crippen LogP contribution in [0.2, 0.25) is 0 Å². The summed E-state index contributed by atoms with van der Waals surface area (Å²) >= 11 is 3.11. The second kappa shape index (κ2) is 5.96. The van der Waals surface area contributed by atoms with Crippen LogP contribution in [0.3, 0.4) is 0 Å². The summed E-state index contributed by atoms with van der Waals surface area (Å²) in [5.41, 5.74) is 0.0938. The number of halogens is 2. The molecule has 5 heteroatoms. The van der Waals surface area contributed by atoms with Crippen molar-refractivity contribution in [2.45, 2.75) is 19.4 Å². The molecule has 0 radical (unpaired) electrons. The van der Waals surface area contributed by atoms with Crippen molar-refractivity contribution in [2.75, 3.05) is 6.61 Å². The number of rotatable bonds is 4. The molecule has 1 aromatic rings. The topological polar surface area (TPSA) is 46.5 Å². The van der Waals surface area contributed by atoms with Gasteiger partial charge >= 0.3 is 5.97 Å². The zero-order valence-electron chi connectivity index (χ0n) is 8.74. The van der Waals surface area contributed by atoms with E-state index in [4.69, 9.17) is 0 Å². The molecule has 0 heterocycles. The highest BCUT2D eigenvalue weighted by atomic mass is 79.9. The summed E-state index contributed by atoms with van der Waals surface area (Å²) in [4.78, 5) is 11.1. The third kappa shape index (κ3) is 3.57. The summed E-state index contributed by atoms with van der Waals surface area (Å²) in [5.74, 6) is -1.09. The number of carbonyl (C=O) groups excluding carboxylic acids is 1. The Morgan fingerprint density at radius 3 is 2.88 bits per heavy atom. The van der Waals surface area contributed by atoms with Crippen LogP contribution in [0.4, 0.5) is 4.39 Å². The second-order valence-electron chi connectivity index (χ2n) is 3.19. The molecule has 0 amide bonds. The Kier molecular flexibility index (Phi) is 4.89. The SMILES string of the molecule is CCOC(=O)CC(O)c1ccc(Br)cc1F. The smallest absolute Gasteiger partial charge is 0.308 e. The van der Waals surface area contributed by atoms with E-state index in [9.17, 15) is 14.3 Å². The van der Waals surface area contributed by atoms with E-state index in [1.165, 1.54) is 12.1 Å². The number of ether oxygens (including phenoxy) is 1. The number of hydrogen-bond donors (Lipinski definition) is 1. The highest BCUT2D eigenvalue weighted by Crippen LogP contribution is 2.23. The molecular formula is C11H12BrFO3. The molecule has 0 aliphatic carbocycles. The predicted molar refractivity (Wildman–Crippen MR) is 60.3 cm³/mol. The van der Waals surface area contributed by atoms with E-state index in [1.54, 1.807) is 13.0 Å². The molecule has 0 saturated heterocycles. The lowest BCUT2D eigenvalue weighted by Crippen LogP contribution is -2.11. The maximum atomic E-state index is 13.4. The third-order valence-electron chi connectivity index (χ3n) is 1.99. The Bertz CT molecular complexity index is 381. The molecule has 0 bridgehead atoms. The van der Waals surface area contributed by atoms with E-state index in [0.717, 1.165) is 0 Å². The van der Waals surface area contributed by atoms with Gasteiger partial charge in [0.1, 0.15) is 5.82 Å². The minimum absolute atomic E-state index is 0.0938. The van der Waals surface area contributed by atoms with Crippen LogP contribution in [-0.4, -0.2) is 17.7 Å². The van der Waals surface area contributed by atoms with E-state index in [1.807, 2.05) is 0 Å². The van der Waals surface area contributed by atoms with Gasteiger partial charge in [0.05, 0.1) is 19.1 Å². The molecule has 0 aliphatic rings. The monoisotopic (exact) mass is 290 g/mol. The van der Waals surface area contributed by atoms with Crippen molar-refractivity contribution in [2.24, 2.45) is 0 Å². The van der Waals surface area contributed by atoms with Crippen LogP contribution in [0.5, 0.6) is 0 Å². The quantitative estimate of drug-likeness (QED) is 0.867. The molecule has 1 N–H and O–H groups in total. The van der Waals surface area contributed by atoms with E-state index in [0.29, 0.717) is 4.47 Å². The fourth-order valence-electron chi connectivity index (χ4n) is 1.26. The van der Waals surface area contributed by atoms with Gasteiger partial charge < -0.3 is 9.84 Å². The van der Waals surface area contributed by atoms with Crippen molar-refractivity contribution in [3.05, 3.63) is 34.1 Å². The van der Waals surface area contributed by atoms with Crippen molar-refractivity contribution >= 4 is 21.9 Å². The molecule has 3 nitrogen and oxygen atoms in total. The molecule has 1 atom stereocenters. The first-order valence-electron chi connectivity index (χ1n) is 4.83. The summed E-state index contributed by atoms with van der Waals surface area (Å²) < 4.78 is 18.6. The Balaban J connectivity index is 2.72. The van der Waals surface area contributed by atoms with Gasteiger partial charge in [-0.15, -0.1) is 0 Å². The van der Waals surface area contributed by atoms with Crippen LogP contribution in [-0.2, 0) is 9.53 Å². The lowest BCUT2D eigenvalue weighted by molar-refractivity contribution is -0.145. The standard InChI is InChI=1S/C11H12BrFO3/c1-2-16-11(15)6-10(14)8-4-3-7(12)5-9(8)13/h3-5,10,14H,2,6H2,1H3. The Labute approximate surface area is 101 Å². The van der Waals surface area contributed by atoms with Crippen LogP contribution in [0.25, 0.3) is 0 Å². The molecule has 0 aliphatic heterocycles. The predicted octanol–water partition coefficient (Wildman–Crippen LogP) is 2.57. The van der Waals surface area contributed by atoms with Crippen molar-refractivity contribution in [1.82, 2.24) is 0 Å². The lowest BCUT2D eigenvalue weighted by Gasteiger charge is -2.11.